The van der Waals surface area contributed by atoms with Crippen LogP contribution in [0.25, 0.3) is 0 Å². The van der Waals surface area contributed by atoms with E-state index in [9.17, 15) is 4.79 Å². The van der Waals surface area contributed by atoms with Gasteiger partial charge in [0, 0.05) is 17.7 Å². The summed E-state index contributed by atoms with van der Waals surface area (Å²) in [5.74, 6) is 0.255. The van der Waals surface area contributed by atoms with Gasteiger partial charge in [0.2, 0.25) is 0 Å². The Morgan fingerprint density at radius 3 is 2.40 bits per heavy atom. The molecule has 1 heterocycles. The molecule has 0 aliphatic carbocycles. The molecule has 0 aliphatic heterocycles. The summed E-state index contributed by atoms with van der Waals surface area (Å²) in [6.45, 7) is 10.0. The maximum absolute atomic E-state index is 11.1. The number of rotatable bonds is 4. The number of carbonyl (C=O) groups excluding carboxylic acids is 1. The predicted molar refractivity (Wildman–Crippen MR) is 64.4 cm³/mol. The van der Waals surface area contributed by atoms with Gasteiger partial charge in [0.25, 0.3) is 0 Å². The van der Waals surface area contributed by atoms with E-state index >= 15 is 0 Å². The van der Waals surface area contributed by atoms with Crippen LogP contribution in [0.3, 0.4) is 0 Å². The third-order valence-corrected chi connectivity index (χ3v) is 3.50. The molecule has 0 N–H and O–H groups in total. The highest BCUT2D eigenvalue weighted by Gasteiger charge is 2.22. The first-order chi connectivity index (χ1) is 6.80. The lowest BCUT2D eigenvalue weighted by atomic mass is 9.84. The van der Waals surface area contributed by atoms with Gasteiger partial charge in [-0.3, -0.25) is 0 Å². The lowest BCUT2D eigenvalue weighted by Gasteiger charge is -2.21. The van der Waals surface area contributed by atoms with Gasteiger partial charge in [0.05, 0.1) is 10.7 Å². The van der Waals surface area contributed by atoms with Gasteiger partial charge >= 0.3 is 0 Å². The number of Topliss-reactive ketones (excluding diaryl/α,β-unsaturated/α-hetero) is 1. The van der Waals surface area contributed by atoms with Crippen molar-refractivity contribution >= 4 is 17.1 Å². The predicted octanol–water partition coefficient (Wildman–Crippen LogP) is 3.31. The Balaban J connectivity index is 2.72. The molecule has 0 aliphatic rings. The molecule has 0 saturated carbocycles. The first kappa shape index (κ1) is 12.4. The van der Waals surface area contributed by atoms with E-state index in [2.05, 4.69) is 25.8 Å². The summed E-state index contributed by atoms with van der Waals surface area (Å²) in [6, 6.07) is 0. The van der Waals surface area contributed by atoms with Crippen molar-refractivity contribution in [1.82, 2.24) is 4.98 Å². The van der Waals surface area contributed by atoms with E-state index in [0.717, 1.165) is 17.1 Å². The summed E-state index contributed by atoms with van der Waals surface area (Å²) in [4.78, 5) is 16.9. The van der Waals surface area contributed by atoms with Crippen LogP contribution in [0.15, 0.2) is 0 Å². The fourth-order valence-electron chi connectivity index (χ4n) is 1.76. The highest BCUT2D eigenvalue weighted by Crippen LogP contribution is 2.29. The zero-order chi connectivity index (χ0) is 11.6. The molecule has 1 aromatic rings. The summed E-state index contributed by atoms with van der Waals surface area (Å²) >= 11 is 1.75. The molecule has 3 heteroatoms. The van der Waals surface area contributed by atoms with Crippen LogP contribution in [-0.4, -0.2) is 10.8 Å². The normalized spacial score (nSPS) is 11.8. The first-order valence-corrected chi connectivity index (χ1v) is 6.04. The fraction of sp³-hybridized carbons (Fsp3) is 0.667. The molecule has 1 rings (SSSR count). The molecule has 0 atom stereocenters. The highest BCUT2D eigenvalue weighted by atomic mass is 32.1. The molecule has 1 aromatic heterocycles. The monoisotopic (exact) mass is 225 g/mol. The van der Waals surface area contributed by atoms with E-state index in [1.807, 2.05) is 6.92 Å². The topological polar surface area (TPSA) is 30.0 Å². The lowest BCUT2D eigenvalue weighted by Crippen LogP contribution is -2.18. The van der Waals surface area contributed by atoms with Crippen LogP contribution >= 0.6 is 11.3 Å². The van der Waals surface area contributed by atoms with Crippen molar-refractivity contribution in [3.05, 3.63) is 15.6 Å². The van der Waals surface area contributed by atoms with Gasteiger partial charge in [0.15, 0.2) is 0 Å². The Bertz CT molecular complexity index is 346. The Morgan fingerprint density at radius 1 is 1.40 bits per heavy atom. The second-order valence-corrected chi connectivity index (χ2v) is 6.26. The molecule has 0 bridgehead atoms. The van der Waals surface area contributed by atoms with Crippen LogP contribution in [0, 0.1) is 19.3 Å². The summed E-state index contributed by atoms with van der Waals surface area (Å²) in [6.07, 6.45) is 1.52. The maximum atomic E-state index is 11.1. The molecule has 15 heavy (non-hydrogen) atoms. The zero-order valence-electron chi connectivity index (χ0n) is 10.2. The summed E-state index contributed by atoms with van der Waals surface area (Å²) in [5.41, 5.74) is 1.15. The van der Waals surface area contributed by atoms with Crippen LogP contribution in [0.5, 0.6) is 0 Å². The van der Waals surface area contributed by atoms with Crippen molar-refractivity contribution in [1.29, 1.82) is 0 Å². The van der Waals surface area contributed by atoms with E-state index in [1.54, 1.807) is 18.3 Å². The van der Waals surface area contributed by atoms with Crippen molar-refractivity contribution in [2.45, 2.75) is 47.5 Å². The van der Waals surface area contributed by atoms with Gasteiger partial charge in [-0.1, -0.05) is 13.8 Å². The van der Waals surface area contributed by atoms with Gasteiger partial charge < -0.3 is 4.79 Å². The summed E-state index contributed by atoms with van der Waals surface area (Å²) in [5, 5.41) is 1.15. The Labute approximate surface area is 95.7 Å². The molecular weight excluding hydrogens is 206 g/mol. The number of aromatic nitrogens is 1. The number of hydrogen-bond donors (Lipinski definition) is 0. The van der Waals surface area contributed by atoms with Crippen molar-refractivity contribution in [2.75, 3.05) is 0 Å². The quantitative estimate of drug-likeness (QED) is 0.787. The minimum atomic E-state index is 0.0303. The maximum Gasteiger partial charge on any atom is 0.130 e. The number of carbonyl (C=O) groups is 1. The number of thiazole rings is 1. The molecule has 0 aromatic carbocycles. The fourth-order valence-corrected chi connectivity index (χ4v) is 2.95. The number of nitrogens with zero attached hydrogens (tertiary/aromatic N) is 1. The van der Waals surface area contributed by atoms with Crippen LogP contribution in [0.2, 0.25) is 0 Å². The van der Waals surface area contributed by atoms with E-state index in [1.165, 1.54) is 4.88 Å². The second kappa shape index (κ2) is 4.44. The number of hydrogen-bond acceptors (Lipinski definition) is 3. The largest absolute Gasteiger partial charge is 0.300 e. The van der Waals surface area contributed by atoms with Crippen LogP contribution < -0.4 is 0 Å². The summed E-state index contributed by atoms with van der Waals surface area (Å²) < 4.78 is 0. The number of aryl methyl sites for hydroxylation is 2. The van der Waals surface area contributed by atoms with Gasteiger partial charge in [-0.05, 0) is 26.2 Å². The number of ketones is 1. The average molecular weight is 225 g/mol. The van der Waals surface area contributed by atoms with Crippen molar-refractivity contribution in [3.8, 4) is 0 Å². The molecule has 0 fully saturated rings. The molecule has 0 amide bonds. The molecule has 0 spiro atoms. The average Bonchev–Trinajstić information content (AvgIpc) is 2.25. The Kier molecular flexibility index (Phi) is 3.66. The standard InChI is InChI=1S/C12H19NOS/c1-8(14)6-12(4,5)7-11-13-9(2)10(3)15-11/h6-7H2,1-5H3. The molecule has 2 nitrogen and oxygen atoms in total. The minimum Gasteiger partial charge on any atom is -0.300 e. The van der Waals surface area contributed by atoms with Gasteiger partial charge in [-0.25, -0.2) is 4.98 Å². The van der Waals surface area contributed by atoms with Crippen LogP contribution in [0.4, 0.5) is 0 Å². The molecule has 0 radical (unpaired) electrons. The molecular formula is C12H19NOS. The summed E-state index contributed by atoms with van der Waals surface area (Å²) in [7, 11) is 0. The lowest BCUT2D eigenvalue weighted by molar-refractivity contribution is -0.118. The minimum absolute atomic E-state index is 0.0303. The second-order valence-electron chi connectivity index (χ2n) is 4.97. The first-order valence-electron chi connectivity index (χ1n) is 5.22. The third-order valence-electron chi connectivity index (χ3n) is 2.43. The highest BCUT2D eigenvalue weighted by molar-refractivity contribution is 7.11. The van der Waals surface area contributed by atoms with E-state index in [0.29, 0.717) is 6.42 Å². The van der Waals surface area contributed by atoms with Crippen LogP contribution in [0.1, 0.15) is 42.8 Å². The van der Waals surface area contributed by atoms with E-state index in [-0.39, 0.29) is 11.2 Å². The zero-order valence-corrected chi connectivity index (χ0v) is 11.0. The van der Waals surface area contributed by atoms with Crippen molar-refractivity contribution in [3.63, 3.8) is 0 Å². The van der Waals surface area contributed by atoms with Gasteiger partial charge in [0.1, 0.15) is 5.78 Å². The Hall–Kier alpha value is -0.700. The van der Waals surface area contributed by atoms with Gasteiger partial charge in [-0.15, -0.1) is 11.3 Å². The van der Waals surface area contributed by atoms with E-state index < -0.39 is 0 Å². The molecule has 0 unspecified atom stereocenters. The smallest absolute Gasteiger partial charge is 0.130 e. The molecule has 84 valence electrons. The molecule has 0 saturated heterocycles. The Morgan fingerprint density at radius 2 is 2.00 bits per heavy atom. The van der Waals surface area contributed by atoms with Crippen LogP contribution in [-0.2, 0) is 11.2 Å². The van der Waals surface area contributed by atoms with Crippen molar-refractivity contribution in [2.24, 2.45) is 5.41 Å². The van der Waals surface area contributed by atoms with Crippen molar-refractivity contribution < 1.29 is 4.79 Å². The van der Waals surface area contributed by atoms with E-state index in [4.69, 9.17) is 0 Å². The SMILES string of the molecule is CC(=O)CC(C)(C)Cc1nc(C)c(C)s1. The third kappa shape index (κ3) is 3.74. The van der Waals surface area contributed by atoms with Gasteiger partial charge in [-0.2, -0.15) is 0 Å².